The second-order valence-corrected chi connectivity index (χ2v) is 2.97. The zero-order valence-electron chi connectivity index (χ0n) is 9.04. The van der Waals surface area contributed by atoms with Crippen LogP contribution in [0.3, 0.4) is 0 Å². The Bertz CT molecular complexity index is 217. The Balaban J connectivity index is 3.46. The minimum atomic E-state index is -0.292. The number of methoxy groups -OCH3 is 1. The molecule has 2 amide bonds. The van der Waals surface area contributed by atoms with Gasteiger partial charge >= 0.3 is 0 Å². The van der Waals surface area contributed by atoms with Crippen LogP contribution >= 0.6 is 0 Å². The zero-order valence-corrected chi connectivity index (χ0v) is 9.04. The average molecular weight is 214 g/mol. The Morgan fingerprint density at radius 1 is 1.33 bits per heavy atom. The summed E-state index contributed by atoms with van der Waals surface area (Å²) in [5, 5.41) is 5.14. The summed E-state index contributed by atoms with van der Waals surface area (Å²) in [4.78, 5) is 22.2. The highest BCUT2D eigenvalue weighted by molar-refractivity contribution is 5.96. The maximum atomic E-state index is 11.1. The highest BCUT2D eigenvalue weighted by Gasteiger charge is 2.06. The van der Waals surface area contributed by atoms with Crippen molar-refractivity contribution in [3.63, 3.8) is 0 Å². The van der Waals surface area contributed by atoms with Crippen LogP contribution in [0.4, 0.5) is 0 Å². The topological polar surface area (TPSA) is 67.4 Å². The zero-order chi connectivity index (χ0) is 11.5. The molecule has 5 nitrogen and oxygen atoms in total. The maximum absolute atomic E-state index is 11.1. The molecule has 2 N–H and O–H groups in total. The average Bonchev–Trinajstić information content (AvgIpc) is 2.21. The molecule has 0 saturated heterocycles. The van der Waals surface area contributed by atoms with Crippen LogP contribution in [-0.2, 0) is 14.3 Å². The molecule has 0 unspecified atom stereocenters. The maximum Gasteiger partial charge on any atom is 0.229 e. The van der Waals surface area contributed by atoms with Gasteiger partial charge in [-0.15, -0.1) is 6.58 Å². The van der Waals surface area contributed by atoms with Gasteiger partial charge in [0.05, 0.1) is 0 Å². The molecule has 5 heteroatoms. The van der Waals surface area contributed by atoms with Crippen molar-refractivity contribution in [1.82, 2.24) is 10.6 Å². The van der Waals surface area contributed by atoms with E-state index in [1.165, 1.54) is 0 Å². The van der Waals surface area contributed by atoms with Crippen molar-refractivity contribution >= 4 is 11.8 Å². The number of rotatable bonds is 8. The first-order valence-electron chi connectivity index (χ1n) is 4.84. The molecule has 0 spiro atoms. The molecule has 15 heavy (non-hydrogen) atoms. The molecule has 0 radical (unpaired) electrons. The van der Waals surface area contributed by atoms with Crippen molar-refractivity contribution in [2.45, 2.75) is 12.8 Å². The molecule has 0 rings (SSSR count). The van der Waals surface area contributed by atoms with Gasteiger partial charge in [0.2, 0.25) is 11.8 Å². The summed E-state index contributed by atoms with van der Waals surface area (Å²) in [6.45, 7) is 4.97. The van der Waals surface area contributed by atoms with Crippen molar-refractivity contribution < 1.29 is 14.3 Å². The van der Waals surface area contributed by atoms with Gasteiger partial charge in [-0.05, 0) is 6.42 Å². The normalized spacial score (nSPS) is 9.40. The second kappa shape index (κ2) is 9.21. The van der Waals surface area contributed by atoms with E-state index in [2.05, 4.69) is 17.2 Å². The van der Waals surface area contributed by atoms with Crippen LogP contribution in [0.1, 0.15) is 12.8 Å². The minimum Gasteiger partial charge on any atom is -0.385 e. The fourth-order valence-corrected chi connectivity index (χ4v) is 0.901. The molecule has 0 saturated carbocycles. The van der Waals surface area contributed by atoms with Gasteiger partial charge in [-0.3, -0.25) is 9.59 Å². The first-order valence-corrected chi connectivity index (χ1v) is 4.84. The second-order valence-electron chi connectivity index (χ2n) is 2.97. The van der Waals surface area contributed by atoms with E-state index < -0.39 is 0 Å². The summed E-state index contributed by atoms with van der Waals surface area (Å²) >= 11 is 0. The standard InChI is InChI=1S/C10H18N2O3/c1-3-5-11-9(13)8-10(14)12-6-4-7-15-2/h3H,1,4-8H2,2H3,(H,11,13)(H,12,14). The lowest BCUT2D eigenvalue weighted by Crippen LogP contribution is -2.32. The summed E-state index contributed by atoms with van der Waals surface area (Å²) in [6, 6.07) is 0. The van der Waals surface area contributed by atoms with Crippen LogP contribution in [0.25, 0.3) is 0 Å². The number of nitrogens with one attached hydrogen (secondary N) is 2. The number of ether oxygens (including phenoxy) is 1. The predicted octanol–water partition coefficient (Wildman–Crippen LogP) is -0.169. The molecule has 0 fully saturated rings. The fraction of sp³-hybridized carbons (Fsp3) is 0.600. The third-order valence-electron chi connectivity index (χ3n) is 1.61. The quantitative estimate of drug-likeness (QED) is 0.335. The minimum absolute atomic E-state index is 0.138. The summed E-state index contributed by atoms with van der Waals surface area (Å²) in [5.41, 5.74) is 0. The van der Waals surface area contributed by atoms with Crippen LogP contribution in [0, 0.1) is 0 Å². The molecule has 0 aromatic heterocycles. The Morgan fingerprint density at radius 2 is 2.00 bits per heavy atom. The highest BCUT2D eigenvalue weighted by Crippen LogP contribution is 1.82. The molecule has 0 aliphatic heterocycles. The van der Waals surface area contributed by atoms with Crippen molar-refractivity contribution in [3.05, 3.63) is 12.7 Å². The van der Waals surface area contributed by atoms with E-state index in [0.29, 0.717) is 19.7 Å². The number of carbonyl (C=O) groups excluding carboxylic acids is 2. The van der Waals surface area contributed by atoms with E-state index >= 15 is 0 Å². The molecular weight excluding hydrogens is 196 g/mol. The molecule has 0 aliphatic rings. The van der Waals surface area contributed by atoms with Crippen LogP contribution in [0.5, 0.6) is 0 Å². The molecule has 0 aliphatic carbocycles. The molecular formula is C10H18N2O3. The number of hydrogen-bond donors (Lipinski definition) is 2. The SMILES string of the molecule is C=CCNC(=O)CC(=O)NCCCOC. The lowest BCUT2D eigenvalue weighted by Gasteiger charge is -2.04. The van der Waals surface area contributed by atoms with Gasteiger partial charge in [0, 0.05) is 26.8 Å². The summed E-state index contributed by atoms with van der Waals surface area (Å²) < 4.78 is 4.82. The Morgan fingerprint density at radius 3 is 2.60 bits per heavy atom. The van der Waals surface area contributed by atoms with Crippen molar-refractivity contribution in [1.29, 1.82) is 0 Å². The van der Waals surface area contributed by atoms with Crippen molar-refractivity contribution in [2.75, 3.05) is 26.8 Å². The smallest absolute Gasteiger partial charge is 0.229 e. The molecule has 0 bridgehead atoms. The van der Waals surface area contributed by atoms with E-state index in [-0.39, 0.29) is 18.2 Å². The number of hydrogen-bond acceptors (Lipinski definition) is 3. The van der Waals surface area contributed by atoms with Gasteiger partial charge in [0.25, 0.3) is 0 Å². The van der Waals surface area contributed by atoms with Crippen LogP contribution < -0.4 is 10.6 Å². The number of amides is 2. The fourth-order valence-electron chi connectivity index (χ4n) is 0.901. The number of carbonyl (C=O) groups is 2. The summed E-state index contributed by atoms with van der Waals surface area (Å²) in [7, 11) is 1.60. The van der Waals surface area contributed by atoms with Gasteiger partial charge in [-0.2, -0.15) is 0 Å². The van der Waals surface area contributed by atoms with Gasteiger partial charge in [-0.1, -0.05) is 6.08 Å². The van der Waals surface area contributed by atoms with Crippen LogP contribution in [-0.4, -0.2) is 38.6 Å². The Labute approximate surface area is 89.9 Å². The van der Waals surface area contributed by atoms with Gasteiger partial charge < -0.3 is 15.4 Å². The molecule has 0 aromatic carbocycles. The molecule has 0 aromatic rings. The van der Waals surface area contributed by atoms with E-state index in [9.17, 15) is 9.59 Å². The first-order chi connectivity index (χ1) is 7.20. The van der Waals surface area contributed by atoms with Crippen molar-refractivity contribution in [2.24, 2.45) is 0 Å². The third kappa shape index (κ3) is 8.96. The lowest BCUT2D eigenvalue weighted by atomic mass is 10.3. The van der Waals surface area contributed by atoms with Crippen molar-refractivity contribution in [3.8, 4) is 0 Å². The van der Waals surface area contributed by atoms with Crippen LogP contribution in [0.2, 0.25) is 0 Å². The first kappa shape index (κ1) is 13.6. The van der Waals surface area contributed by atoms with Gasteiger partial charge in [-0.25, -0.2) is 0 Å². The third-order valence-corrected chi connectivity index (χ3v) is 1.61. The van der Waals surface area contributed by atoms with E-state index in [1.807, 2.05) is 0 Å². The molecule has 0 heterocycles. The highest BCUT2D eigenvalue weighted by atomic mass is 16.5. The monoisotopic (exact) mass is 214 g/mol. The Kier molecular flexibility index (Phi) is 8.37. The predicted molar refractivity (Wildman–Crippen MR) is 57.3 cm³/mol. The van der Waals surface area contributed by atoms with E-state index in [1.54, 1.807) is 13.2 Å². The van der Waals surface area contributed by atoms with E-state index in [0.717, 1.165) is 6.42 Å². The lowest BCUT2D eigenvalue weighted by molar-refractivity contribution is -0.129. The Hall–Kier alpha value is -1.36. The van der Waals surface area contributed by atoms with Gasteiger partial charge in [0.1, 0.15) is 6.42 Å². The summed E-state index contributed by atoms with van der Waals surface area (Å²) in [6.07, 6.45) is 2.17. The molecule has 86 valence electrons. The van der Waals surface area contributed by atoms with Gasteiger partial charge in [0.15, 0.2) is 0 Å². The molecule has 0 atom stereocenters. The van der Waals surface area contributed by atoms with E-state index in [4.69, 9.17) is 4.74 Å². The summed E-state index contributed by atoms with van der Waals surface area (Å²) in [5.74, 6) is -0.563. The van der Waals surface area contributed by atoms with Crippen LogP contribution in [0.15, 0.2) is 12.7 Å². The largest absolute Gasteiger partial charge is 0.385 e.